The van der Waals surface area contributed by atoms with Crippen LogP contribution in [-0.2, 0) is 0 Å². The van der Waals surface area contributed by atoms with Crippen LogP contribution in [0, 0.1) is 20.8 Å². The van der Waals surface area contributed by atoms with Gasteiger partial charge in [-0.15, -0.1) is 0 Å². The highest BCUT2D eigenvalue weighted by atomic mass is 32.1. The molecule has 4 nitrogen and oxygen atoms in total. The molecule has 0 radical (unpaired) electrons. The van der Waals surface area contributed by atoms with Crippen molar-refractivity contribution >= 4 is 32.6 Å². The van der Waals surface area contributed by atoms with Crippen molar-refractivity contribution in [2.24, 2.45) is 0 Å². The lowest BCUT2D eigenvalue weighted by Crippen LogP contribution is -2.36. The number of anilines is 1. The van der Waals surface area contributed by atoms with Gasteiger partial charge in [0.1, 0.15) is 0 Å². The number of thiazole rings is 1. The van der Waals surface area contributed by atoms with E-state index in [1.807, 2.05) is 50.2 Å². The Balaban J connectivity index is 2.03. The number of hydrogen-bond donors (Lipinski definition) is 0. The molecule has 0 bridgehead atoms. The molecule has 0 unspecified atom stereocenters. The first-order valence-corrected chi connectivity index (χ1v) is 9.58. The minimum Gasteiger partial charge on any atom is -0.308 e. The number of rotatable bonds is 5. The SMILES string of the molecule is Cc1cccc(C(=O)N(CCN(C)C)c2nc3c(C)cc(C)cc3s2)c1. The average molecular weight is 368 g/mol. The second kappa shape index (κ2) is 7.56. The van der Waals surface area contributed by atoms with Gasteiger partial charge in [0.25, 0.3) is 5.91 Å². The molecule has 0 atom stereocenters. The molecule has 5 heteroatoms. The molecular weight excluding hydrogens is 342 g/mol. The van der Waals surface area contributed by atoms with E-state index >= 15 is 0 Å². The predicted octanol–water partition coefficient (Wildman–Crippen LogP) is 4.43. The highest BCUT2D eigenvalue weighted by Gasteiger charge is 2.22. The molecule has 0 saturated heterocycles. The first-order valence-electron chi connectivity index (χ1n) is 8.76. The van der Waals surface area contributed by atoms with Gasteiger partial charge in [-0.05, 0) is 64.2 Å². The van der Waals surface area contributed by atoms with E-state index in [0.717, 1.165) is 33.0 Å². The van der Waals surface area contributed by atoms with E-state index < -0.39 is 0 Å². The molecule has 0 fully saturated rings. The van der Waals surface area contributed by atoms with E-state index in [1.54, 1.807) is 11.3 Å². The summed E-state index contributed by atoms with van der Waals surface area (Å²) in [7, 11) is 4.03. The van der Waals surface area contributed by atoms with Crippen molar-refractivity contribution in [3.8, 4) is 0 Å². The van der Waals surface area contributed by atoms with Crippen LogP contribution in [0.4, 0.5) is 5.13 Å². The molecule has 3 aromatic rings. The van der Waals surface area contributed by atoms with E-state index in [4.69, 9.17) is 4.98 Å². The van der Waals surface area contributed by atoms with Gasteiger partial charge in [0, 0.05) is 18.7 Å². The first-order chi connectivity index (χ1) is 12.3. The normalized spacial score (nSPS) is 11.3. The standard InChI is InChI=1S/C21H25N3OS/c1-14-7-6-8-17(12-14)20(25)24(10-9-23(4)5)21-22-19-16(3)11-15(2)13-18(19)26-21/h6-8,11-13H,9-10H2,1-5H3. The molecule has 0 aliphatic carbocycles. The number of carbonyl (C=O) groups excluding carboxylic acids is 1. The molecule has 3 rings (SSSR count). The molecule has 26 heavy (non-hydrogen) atoms. The summed E-state index contributed by atoms with van der Waals surface area (Å²) in [5, 5.41) is 0.766. The Morgan fingerprint density at radius 1 is 1.04 bits per heavy atom. The quantitative estimate of drug-likeness (QED) is 0.669. The lowest BCUT2D eigenvalue weighted by molar-refractivity contribution is 0.0985. The van der Waals surface area contributed by atoms with Crippen LogP contribution in [0.25, 0.3) is 10.2 Å². The minimum atomic E-state index is 0.00369. The first kappa shape index (κ1) is 18.5. The Labute approximate surface area is 159 Å². The Morgan fingerprint density at radius 3 is 2.50 bits per heavy atom. The molecule has 0 spiro atoms. The molecule has 2 aromatic carbocycles. The van der Waals surface area contributed by atoms with Crippen LogP contribution < -0.4 is 4.90 Å². The summed E-state index contributed by atoms with van der Waals surface area (Å²) in [6.45, 7) is 7.56. The summed E-state index contributed by atoms with van der Waals surface area (Å²) < 4.78 is 1.13. The van der Waals surface area contributed by atoms with E-state index in [-0.39, 0.29) is 5.91 Å². The number of benzene rings is 2. The van der Waals surface area contributed by atoms with E-state index in [1.165, 1.54) is 5.56 Å². The minimum absolute atomic E-state index is 0.00369. The van der Waals surface area contributed by atoms with Crippen LogP contribution in [-0.4, -0.2) is 43.0 Å². The fourth-order valence-electron chi connectivity index (χ4n) is 2.99. The van der Waals surface area contributed by atoms with Crippen LogP contribution in [0.15, 0.2) is 36.4 Å². The highest BCUT2D eigenvalue weighted by Crippen LogP contribution is 2.32. The third kappa shape index (κ3) is 3.94. The van der Waals surface area contributed by atoms with Gasteiger partial charge in [-0.1, -0.05) is 35.1 Å². The second-order valence-electron chi connectivity index (χ2n) is 7.05. The molecular formula is C21H25N3OS. The third-order valence-corrected chi connectivity index (χ3v) is 5.36. The number of aromatic nitrogens is 1. The van der Waals surface area contributed by atoms with Crippen LogP contribution in [0.2, 0.25) is 0 Å². The van der Waals surface area contributed by atoms with Gasteiger partial charge in [-0.2, -0.15) is 0 Å². The van der Waals surface area contributed by atoms with E-state index in [2.05, 4.69) is 30.9 Å². The Morgan fingerprint density at radius 2 is 1.81 bits per heavy atom. The smallest absolute Gasteiger partial charge is 0.260 e. The predicted molar refractivity (Wildman–Crippen MR) is 111 cm³/mol. The van der Waals surface area contributed by atoms with Crippen LogP contribution in [0.3, 0.4) is 0 Å². The third-order valence-electron chi connectivity index (χ3n) is 4.33. The maximum atomic E-state index is 13.2. The van der Waals surface area contributed by atoms with Crippen molar-refractivity contribution in [2.45, 2.75) is 20.8 Å². The molecule has 0 saturated carbocycles. The second-order valence-corrected chi connectivity index (χ2v) is 8.06. The van der Waals surface area contributed by atoms with Crippen LogP contribution >= 0.6 is 11.3 Å². The van der Waals surface area contributed by atoms with Crippen molar-refractivity contribution in [3.63, 3.8) is 0 Å². The summed E-state index contributed by atoms with van der Waals surface area (Å²) in [6.07, 6.45) is 0. The molecule has 0 aliphatic heterocycles. The summed E-state index contributed by atoms with van der Waals surface area (Å²) in [5.74, 6) is 0.00369. The van der Waals surface area contributed by atoms with Crippen molar-refractivity contribution in [3.05, 3.63) is 58.7 Å². The maximum Gasteiger partial charge on any atom is 0.260 e. The van der Waals surface area contributed by atoms with Crippen LogP contribution in [0.5, 0.6) is 0 Å². The number of amides is 1. The van der Waals surface area contributed by atoms with Gasteiger partial charge in [0.15, 0.2) is 5.13 Å². The van der Waals surface area contributed by atoms with Gasteiger partial charge in [0.2, 0.25) is 0 Å². The van der Waals surface area contributed by atoms with Gasteiger partial charge in [-0.3, -0.25) is 9.69 Å². The molecule has 1 aromatic heterocycles. The lowest BCUT2D eigenvalue weighted by atomic mass is 10.1. The summed E-state index contributed by atoms with van der Waals surface area (Å²) in [6, 6.07) is 12.0. The fraction of sp³-hybridized carbons (Fsp3) is 0.333. The van der Waals surface area contributed by atoms with Crippen molar-refractivity contribution < 1.29 is 4.79 Å². The molecule has 1 amide bonds. The zero-order valence-electron chi connectivity index (χ0n) is 16.0. The molecule has 0 N–H and O–H groups in total. The fourth-order valence-corrected chi connectivity index (χ4v) is 4.16. The lowest BCUT2D eigenvalue weighted by Gasteiger charge is -2.22. The summed E-state index contributed by atoms with van der Waals surface area (Å²) in [4.78, 5) is 21.9. The van der Waals surface area contributed by atoms with Crippen molar-refractivity contribution in [1.29, 1.82) is 0 Å². The van der Waals surface area contributed by atoms with E-state index in [0.29, 0.717) is 12.1 Å². The van der Waals surface area contributed by atoms with Gasteiger partial charge >= 0.3 is 0 Å². The van der Waals surface area contributed by atoms with Crippen molar-refractivity contribution in [1.82, 2.24) is 9.88 Å². The monoisotopic (exact) mass is 367 g/mol. The Kier molecular flexibility index (Phi) is 5.39. The van der Waals surface area contributed by atoms with Crippen LogP contribution in [0.1, 0.15) is 27.0 Å². The average Bonchev–Trinajstić information content (AvgIpc) is 2.98. The number of likely N-dealkylation sites (N-methyl/N-ethyl adjacent to an activating group) is 1. The number of aryl methyl sites for hydroxylation is 3. The number of hydrogen-bond acceptors (Lipinski definition) is 4. The summed E-state index contributed by atoms with van der Waals surface area (Å²) >= 11 is 1.59. The van der Waals surface area contributed by atoms with Gasteiger partial charge in [-0.25, -0.2) is 4.98 Å². The zero-order chi connectivity index (χ0) is 18.8. The van der Waals surface area contributed by atoms with Gasteiger partial charge < -0.3 is 4.90 Å². The van der Waals surface area contributed by atoms with Crippen molar-refractivity contribution in [2.75, 3.05) is 32.1 Å². The largest absolute Gasteiger partial charge is 0.308 e. The summed E-state index contributed by atoms with van der Waals surface area (Å²) in [5.41, 5.74) is 5.14. The van der Waals surface area contributed by atoms with Gasteiger partial charge in [0.05, 0.1) is 10.2 Å². The topological polar surface area (TPSA) is 36.4 Å². The highest BCUT2D eigenvalue weighted by molar-refractivity contribution is 7.22. The molecule has 1 heterocycles. The number of fused-ring (bicyclic) bond motifs is 1. The molecule has 0 aliphatic rings. The Bertz CT molecular complexity index is 946. The zero-order valence-corrected chi connectivity index (χ0v) is 16.9. The van der Waals surface area contributed by atoms with E-state index in [9.17, 15) is 4.79 Å². The Hall–Kier alpha value is -2.24. The number of nitrogens with zero attached hydrogens (tertiary/aromatic N) is 3. The molecule has 136 valence electrons. The maximum absolute atomic E-state index is 13.2. The number of carbonyl (C=O) groups is 1.